The van der Waals surface area contributed by atoms with E-state index in [1.54, 1.807) is 24.3 Å². The van der Waals surface area contributed by atoms with Crippen LogP contribution in [0.25, 0.3) is 0 Å². The van der Waals surface area contributed by atoms with Crippen LogP contribution in [0.1, 0.15) is 19.8 Å². The molecule has 1 heterocycles. The molecule has 1 fully saturated rings. The molecule has 21 heavy (non-hydrogen) atoms. The van der Waals surface area contributed by atoms with Gasteiger partial charge in [0.1, 0.15) is 11.8 Å². The number of ether oxygens (including phenoxy) is 1. The third-order valence-electron chi connectivity index (χ3n) is 3.67. The van der Waals surface area contributed by atoms with Crippen molar-refractivity contribution >= 4 is 23.5 Å². The number of likely N-dealkylation sites (tertiary alicyclic amines) is 1. The summed E-state index contributed by atoms with van der Waals surface area (Å²) >= 11 is 5.84. The summed E-state index contributed by atoms with van der Waals surface area (Å²) in [5.41, 5.74) is 0. The van der Waals surface area contributed by atoms with E-state index in [4.69, 9.17) is 16.3 Å². The number of carbonyl (C=O) groups is 2. The average molecular weight is 312 g/mol. The Balaban J connectivity index is 2.00. The van der Waals surface area contributed by atoms with Crippen molar-refractivity contribution in [2.75, 3.05) is 13.2 Å². The zero-order valence-corrected chi connectivity index (χ0v) is 12.5. The molecular formula is C15H18ClNO4. The van der Waals surface area contributed by atoms with Gasteiger partial charge in [-0.25, -0.2) is 4.79 Å². The highest BCUT2D eigenvalue weighted by Gasteiger charge is 2.36. The van der Waals surface area contributed by atoms with E-state index in [0.29, 0.717) is 17.3 Å². The molecule has 0 saturated carbocycles. The second kappa shape index (κ2) is 6.80. The zero-order chi connectivity index (χ0) is 15.4. The quantitative estimate of drug-likeness (QED) is 0.927. The molecule has 6 heteroatoms. The van der Waals surface area contributed by atoms with Gasteiger partial charge < -0.3 is 14.7 Å². The number of carboxylic acids is 1. The molecule has 0 bridgehead atoms. The Hall–Kier alpha value is -1.75. The third kappa shape index (κ3) is 3.88. The van der Waals surface area contributed by atoms with Crippen LogP contribution < -0.4 is 4.74 Å². The molecule has 0 radical (unpaired) electrons. The normalized spacial score (nSPS) is 21.9. The fourth-order valence-corrected chi connectivity index (χ4v) is 2.81. The Bertz CT molecular complexity index is 534. The van der Waals surface area contributed by atoms with E-state index in [0.717, 1.165) is 12.8 Å². The van der Waals surface area contributed by atoms with Crippen LogP contribution >= 0.6 is 11.6 Å². The van der Waals surface area contributed by atoms with E-state index in [1.165, 1.54) is 4.90 Å². The van der Waals surface area contributed by atoms with Crippen LogP contribution in [0.4, 0.5) is 0 Å². The largest absolute Gasteiger partial charge is 0.484 e. The van der Waals surface area contributed by atoms with E-state index >= 15 is 0 Å². The molecule has 0 aliphatic carbocycles. The molecule has 1 aromatic carbocycles. The van der Waals surface area contributed by atoms with Crippen LogP contribution in [0.3, 0.4) is 0 Å². The van der Waals surface area contributed by atoms with Gasteiger partial charge in [-0.05, 0) is 37.0 Å². The number of carbonyl (C=O) groups excluding carboxylic acids is 1. The highest BCUT2D eigenvalue weighted by Crippen LogP contribution is 2.24. The molecule has 1 amide bonds. The Morgan fingerprint density at radius 3 is 2.90 bits per heavy atom. The minimum Gasteiger partial charge on any atom is -0.484 e. The monoisotopic (exact) mass is 311 g/mol. The lowest BCUT2D eigenvalue weighted by atomic mass is 9.91. The topological polar surface area (TPSA) is 66.8 Å². The number of hydrogen-bond donors (Lipinski definition) is 1. The fraction of sp³-hybridized carbons (Fsp3) is 0.467. The van der Waals surface area contributed by atoms with Gasteiger partial charge in [0.15, 0.2) is 6.61 Å². The number of halogens is 1. The molecule has 0 spiro atoms. The van der Waals surface area contributed by atoms with E-state index in [9.17, 15) is 14.7 Å². The lowest BCUT2D eigenvalue weighted by molar-refractivity contribution is -0.155. The molecule has 5 nitrogen and oxygen atoms in total. The van der Waals surface area contributed by atoms with Crippen molar-refractivity contribution in [2.45, 2.75) is 25.8 Å². The number of amides is 1. The predicted molar refractivity (Wildman–Crippen MR) is 78.5 cm³/mol. The number of nitrogens with zero attached hydrogens (tertiary/aromatic N) is 1. The molecule has 0 aromatic heterocycles. The van der Waals surface area contributed by atoms with Crippen molar-refractivity contribution < 1.29 is 19.4 Å². The Morgan fingerprint density at radius 2 is 2.24 bits per heavy atom. The van der Waals surface area contributed by atoms with Crippen LogP contribution in [0.2, 0.25) is 5.02 Å². The maximum absolute atomic E-state index is 12.2. The fourth-order valence-electron chi connectivity index (χ4n) is 2.63. The number of benzene rings is 1. The predicted octanol–water partition coefficient (Wildman–Crippen LogP) is 2.43. The molecule has 1 aliphatic rings. The summed E-state index contributed by atoms with van der Waals surface area (Å²) in [5.74, 6) is -0.827. The van der Waals surface area contributed by atoms with Crippen molar-refractivity contribution in [2.24, 2.45) is 5.92 Å². The molecule has 1 aliphatic heterocycles. The maximum Gasteiger partial charge on any atom is 0.326 e. The van der Waals surface area contributed by atoms with Crippen molar-refractivity contribution in [3.8, 4) is 5.75 Å². The number of carboxylic acid groups (broad SMARTS) is 1. The van der Waals surface area contributed by atoms with Crippen LogP contribution in [0, 0.1) is 5.92 Å². The number of rotatable bonds is 4. The van der Waals surface area contributed by atoms with Gasteiger partial charge >= 0.3 is 5.97 Å². The van der Waals surface area contributed by atoms with Gasteiger partial charge in [-0.2, -0.15) is 0 Å². The van der Waals surface area contributed by atoms with Crippen molar-refractivity contribution in [3.05, 3.63) is 29.3 Å². The molecule has 1 aromatic rings. The summed E-state index contributed by atoms with van der Waals surface area (Å²) < 4.78 is 5.40. The van der Waals surface area contributed by atoms with Crippen molar-refractivity contribution in [1.29, 1.82) is 0 Å². The van der Waals surface area contributed by atoms with Crippen LogP contribution in [-0.2, 0) is 9.59 Å². The highest BCUT2D eigenvalue weighted by molar-refractivity contribution is 6.30. The van der Waals surface area contributed by atoms with Crippen LogP contribution in [-0.4, -0.2) is 41.1 Å². The van der Waals surface area contributed by atoms with Gasteiger partial charge in [0.25, 0.3) is 5.91 Å². The standard InChI is InChI=1S/C15H18ClNO4/c1-10-4-3-7-17(14(10)15(19)20)13(18)9-21-12-6-2-5-11(16)8-12/h2,5-6,8,10,14H,3-4,7,9H2,1H3,(H,19,20). The first-order chi connectivity index (χ1) is 9.99. The Labute approximate surface area is 128 Å². The highest BCUT2D eigenvalue weighted by atomic mass is 35.5. The number of hydrogen-bond acceptors (Lipinski definition) is 3. The number of piperidine rings is 1. The average Bonchev–Trinajstić information content (AvgIpc) is 2.44. The van der Waals surface area contributed by atoms with Gasteiger partial charge in [0.05, 0.1) is 0 Å². The van der Waals surface area contributed by atoms with Crippen LogP contribution in [0.5, 0.6) is 5.75 Å². The molecular weight excluding hydrogens is 294 g/mol. The summed E-state index contributed by atoms with van der Waals surface area (Å²) in [5, 5.41) is 9.82. The van der Waals surface area contributed by atoms with Gasteiger partial charge in [-0.3, -0.25) is 4.79 Å². The summed E-state index contributed by atoms with van der Waals surface area (Å²) in [6, 6.07) is 5.98. The summed E-state index contributed by atoms with van der Waals surface area (Å²) in [6.45, 7) is 2.13. The molecule has 2 atom stereocenters. The molecule has 114 valence electrons. The second-order valence-corrected chi connectivity index (χ2v) is 5.67. The Morgan fingerprint density at radius 1 is 1.48 bits per heavy atom. The van der Waals surface area contributed by atoms with E-state index in [-0.39, 0.29) is 18.4 Å². The SMILES string of the molecule is CC1CCCN(C(=O)COc2cccc(Cl)c2)C1C(=O)O. The van der Waals surface area contributed by atoms with Crippen LogP contribution in [0.15, 0.2) is 24.3 Å². The van der Waals surface area contributed by atoms with Gasteiger partial charge in [-0.15, -0.1) is 0 Å². The zero-order valence-electron chi connectivity index (χ0n) is 11.8. The first-order valence-electron chi connectivity index (χ1n) is 6.89. The molecule has 1 N–H and O–H groups in total. The summed E-state index contributed by atoms with van der Waals surface area (Å²) in [6.07, 6.45) is 1.63. The summed E-state index contributed by atoms with van der Waals surface area (Å²) in [7, 11) is 0. The van der Waals surface area contributed by atoms with Crippen molar-refractivity contribution in [3.63, 3.8) is 0 Å². The van der Waals surface area contributed by atoms with Gasteiger partial charge in [0, 0.05) is 11.6 Å². The smallest absolute Gasteiger partial charge is 0.326 e. The first-order valence-corrected chi connectivity index (χ1v) is 7.27. The van der Waals surface area contributed by atoms with Gasteiger partial charge in [0.2, 0.25) is 0 Å². The molecule has 2 rings (SSSR count). The third-order valence-corrected chi connectivity index (χ3v) is 3.90. The van der Waals surface area contributed by atoms with Crippen molar-refractivity contribution in [1.82, 2.24) is 4.90 Å². The minimum absolute atomic E-state index is 0.0497. The van der Waals surface area contributed by atoms with E-state index in [2.05, 4.69) is 0 Å². The summed E-state index contributed by atoms with van der Waals surface area (Å²) in [4.78, 5) is 25.0. The maximum atomic E-state index is 12.2. The second-order valence-electron chi connectivity index (χ2n) is 5.24. The molecule has 1 saturated heterocycles. The van der Waals surface area contributed by atoms with Gasteiger partial charge in [-0.1, -0.05) is 24.6 Å². The lowest BCUT2D eigenvalue weighted by Crippen LogP contribution is -2.53. The Kier molecular flexibility index (Phi) is 5.07. The lowest BCUT2D eigenvalue weighted by Gasteiger charge is -2.37. The van der Waals surface area contributed by atoms with E-state index in [1.807, 2.05) is 6.92 Å². The minimum atomic E-state index is -0.960. The van der Waals surface area contributed by atoms with E-state index < -0.39 is 12.0 Å². The molecule has 2 unspecified atom stereocenters. The first kappa shape index (κ1) is 15.6. The number of aliphatic carboxylic acids is 1.